The Hall–Kier alpha value is -1.81. The van der Waals surface area contributed by atoms with Crippen LogP contribution in [0.15, 0.2) is 34.1 Å². The van der Waals surface area contributed by atoms with Crippen LogP contribution in [0, 0.1) is 11.7 Å². The molecule has 2 fully saturated rings. The molecule has 0 aliphatic carbocycles. The topological polar surface area (TPSA) is 68.6 Å². The lowest BCUT2D eigenvalue weighted by Gasteiger charge is -2.31. The van der Waals surface area contributed by atoms with Crippen LogP contribution in [0.5, 0.6) is 5.75 Å². The van der Waals surface area contributed by atoms with Gasteiger partial charge >= 0.3 is 0 Å². The average Bonchev–Trinajstić information content (AvgIpc) is 2.82. The van der Waals surface area contributed by atoms with Crippen molar-refractivity contribution in [3.05, 3.63) is 45.6 Å². The van der Waals surface area contributed by atoms with Gasteiger partial charge in [0.15, 0.2) is 0 Å². The minimum absolute atomic E-state index is 0.0213. The monoisotopic (exact) mass is 482 g/mol. The molecule has 32 heavy (non-hydrogen) atoms. The Balaban J connectivity index is 1.35. The third-order valence-electron chi connectivity index (χ3n) is 5.90. The van der Waals surface area contributed by atoms with Gasteiger partial charge in [-0.25, -0.2) is 13.4 Å². The van der Waals surface area contributed by atoms with Gasteiger partial charge in [0.2, 0.25) is 0 Å². The number of methoxy groups -OCH3 is 1. The van der Waals surface area contributed by atoms with Crippen LogP contribution in [0.2, 0.25) is 5.02 Å². The van der Waals surface area contributed by atoms with E-state index in [0.29, 0.717) is 23.9 Å². The van der Waals surface area contributed by atoms with Gasteiger partial charge in [0.05, 0.1) is 36.5 Å². The lowest BCUT2D eigenvalue weighted by atomic mass is 10.0. The first-order valence-corrected chi connectivity index (χ1v) is 12.1. The van der Waals surface area contributed by atoms with Crippen LogP contribution in [0.25, 0.3) is 0 Å². The molecule has 7 nitrogen and oxygen atoms in total. The van der Waals surface area contributed by atoms with Crippen molar-refractivity contribution in [1.82, 2.24) is 14.1 Å². The summed E-state index contributed by atoms with van der Waals surface area (Å²) in [6.07, 6.45) is 5.31. The lowest BCUT2D eigenvalue weighted by molar-refractivity contribution is 0.0595. The van der Waals surface area contributed by atoms with Crippen molar-refractivity contribution in [2.45, 2.75) is 36.6 Å². The summed E-state index contributed by atoms with van der Waals surface area (Å²) in [4.78, 5) is 13.6. The predicted octanol–water partition coefficient (Wildman–Crippen LogP) is 4.23. The molecule has 10 heteroatoms. The summed E-state index contributed by atoms with van der Waals surface area (Å²) in [5.74, 6) is 0.769. The fourth-order valence-electron chi connectivity index (χ4n) is 4.09. The Morgan fingerprint density at radius 3 is 2.88 bits per heavy atom. The molecular formula is C22H28ClFN4O3S. The van der Waals surface area contributed by atoms with Gasteiger partial charge in [0.25, 0.3) is 5.56 Å². The third kappa shape index (κ3) is 5.57. The number of rotatable bonds is 7. The number of halogens is 2. The number of hydrogen-bond donors (Lipinski definition) is 1. The molecule has 2 aliphatic heterocycles. The van der Waals surface area contributed by atoms with Crippen molar-refractivity contribution in [3.63, 3.8) is 0 Å². The number of anilines is 1. The van der Waals surface area contributed by atoms with Crippen molar-refractivity contribution < 1.29 is 13.9 Å². The molecule has 1 aromatic heterocycles. The zero-order valence-electron chi connectivity index (χ0n) is 18.1. The van der Waals surface area contributed by atoms with E-state index in [2.05, 4.69) is 14.7 Å². The molecule has 0 radical (unpaired) electrons. The molecule has 2 aromatic rings. The van der Waals surface area contributed by atoms with E-state index in [9.17, 15) is 9.18 Å². The number of ether oxygens (including phenoxy) is 2. The molecule has 1 atom stereocenters. The highest BCUT2D eigenvalue weighted by Gasteiger charge is 2.25. The molecule has 1 N–H and O–H groups in total. The lowest BCUT2D eigenvalue weighted by Crippen LogP contribution is -2.36. The quantitative estimate of drug-likeness (QED) is 0.592. The maximum Gasteiger partial charge on any atom is 0.287 e. The van der Waals surface area contributed by atoms with Crippen molar-refractivity contribution in [1.29, 1.82) is 0 Å². The minimum Gasteiger partial charge on any atom is -0.496 e. The van der Waals surface area contributed by atoms with Crippen LogP contribution in [-0.2, 0) is 4.74 Å². The van der Waals surface area contributed by atoms with Crippen LogP contribution in [0.1, 0.15) is 31.7 Å². The summed E-state index contributed by atoms with van der Waals surface area (Å²) in [7, 11) is 1.58. The molecule has 1 unspecified atom stereocenters. The fraction of sp³-hybridized carbons (Fsp3) is 0.545. The maximum atomic E-state index is 13.6. The first-order chi connectivity index (χ1) is 15.5. The number of nitrogens with one attached hydrogen (secondary N) is 1. The highest BCUT2D eigenvalue weighted by Crippen LogP contribution is 2.35. The molecule has 0 spiro atoms. The van der Waals surface area contributed by atoms with Crippen LogP contribution >= 0.6 is 23.5 Å². The van der Waals surface area contributed by atoms with E-state index in [0.717, 1.165) is 56.9 Å². The minimum atomic E-state index is -0.293. The van der Waals surface area contributed by atoms with Crippen LogP contribution in [-0.4, -0.2) is 54.0 Å². The molecule has 0 saturated carbocycles. The number of benzene rings is 1. The molecular weight excluding hydrogens is 455 g/mol. The highest BCUT2D eigenvalue weighted by atomic mass is 35.5. The zero-order chi connectivity index (χ0) is 22.5. The second-order valence-corrected chi connectivity index (χ2v) is 9.65. The molecule has 2 aliphatic rings. The Kier molecular flexibility index (Phi) is 7.93. The van der Waals surface area contributed by atoms with E-state index in [4.69, 9.17) is 21.1 Å². The van der Waals surface area contributed by atoms with Crippen LogP contribution in [0.3, 0.4) is 0 Å². The van der Waals surface area contributed by atoms with Crippen LogP contribution < -0.4 is 15.6 Å². The second kappa shape index (κ2) is 10.9. The van der Waals surface area contributed by atoms with Crippen LogP contribution in [0.4, 0.5) is 10.1 Å². The van der Waals surface area contributed by atoms with E-state index in [-0.39, 0.29) is 22.4 Å². The van der Waals surface area contributed by atoms with E-state index >= 15 is 0 Å². The summed E-state index contributed by atoms with van der Waals surface area (Å²) in [5, 5.41) is 7.85. The van der Waals surface area contributed by atoms with Gasteiger partial charge in [-0.1, -0.05) is 11.6 Å². The largest absolute Gasteiger partial charge is 0.496 e. The first kappa shape index (κ1) is 23.4. The number of piperidine rings is 1. The molecule has 0 amide bonds. The van der Waals surface area contributed by atoms with Crippen molar-refractivity contribution in [2.24, 2.45) is 5.92 Å². The molecule has 2 saturated heterocycles. The van der Waals surface area contributed by atoms with Gasteiger partial charge in [-0.3, -0.25) is 4.79 Å². The summed E-state index contributed by atoms with van der Waals surface area (Å²) in [6.45, 7) is 3.74. The number of hydrogen-bond acceptors (Lipinski definition) is 7. The van der Waals surface area contributed by atoms with Crippen molar-refractivity contribution in [3.8, 4) is 5.75 Å². The zero-order valence-corrected chi connectivity index (χ0v) is 19.6. The standard InChI is InChI=1S/C22H28ClFN4O3S/c1-30-19-5-4-16(24)11-20(19)32-27-8-6-17(7-9-27)28-22(29)21(23)18(13-26-28)25-12-15-3-2-10-31-14-15/h4-5,11,13,15,17,25H,2-3,6-10,12,14H2,1H3. The van der Waals surface area contributed by atoms with E-state index in [1.807, 2.05) is 0 Å². The molecule has 3 heterocycles. The molecule has 174 valence electrons. The predicted molar refractivity (Wildman–Crippen MR) is 124 cm³/mol. The molecule has 4 rings (SSSR count). The van der Waals surface area contributed by atoms with Crippen molar-refractivity contribution >= 4 is 29.2 Å². The Labute approximate surface area is 196 Å². The smallest absolute Gasteiger partial charge is 0.287 e. The molecule has 0 bridgehead atoms. The van der Waals surface area contributed by atoms with Gasteiger partial charge in [-0.15, -0.1) is 0 Å². The Morgan fingerprint density at radius 2 is 2.16 bits per heavy atom. The number of nitrogens with zero attached hydrogens (tertiary/aromatic N) is 3. The Morgan fingerprint density at radius 1 is 1.34 bits per heavy atom. The first-order valence-electron chi connectivity index (χ1n) is 10.9. The maximum absolute atomic E-state index is 13.6. The van der Waals surface area contributed by atoms with Gasteiger partial charge in [0.1, 0.15) is 16.6 Å². The second-order valence-electron chi connectivity index (χ2n) is 8.13. The summed E-state index contributed by atoms with van der Waals surface area (Å²) in [5.41, 5.74) is 0.305. The Bertz CT molecular complexity index is 978. The van der Waals surface area contributed by atoms with Gasteiger partial charge in [0, 0.05) is 26.2 Å². The molecule has 1 aromatic carbocycles. The van der Waals surface area contributed by atoms with Gasteiger partial charge in [-0.05, 0) is 61.7 Å². The normalized spacial score (nSPS) is 20.3. The van der Waals surface area contributed by atoms with Gasteiger partial charge in [-0.2, -0.15) is 5.10 Å². The summed E-state index contributed by atoms with van der Waals surface area (Å²) in [6, 6.07) is 4.48. The summed E-state index contributed by atoms with van der Waals surface area (Å²) < 4.78 is 28.1. The van der Waals surface area contributed by atoms with E-state index < -0.39 is 0 Å². The van der Waals surface area contributed by atoms with Gasteiger partial charge < -0.3 is 14.8 Å². The third-order valence-corrected chi connectivity index (χ3v) is 7.41. The number of aromatic nitrogens is 2. The summed E-state index contributed by atoms with van der Waals surface area (Å²) >= 11 is 7.86. The highest BCUT2D eigenvalue weighted by molar-refractivity contribution is 7.97. The van der Waals surface area contributed by atoms with E-state index in [1.165, 1.54) is 28.8 Å². The SMILES string of the molecule is COc1ccc(F)cc1SN1CCC(n2ncc(NCC3CCCOC3)c(Cl)c2=O)CC1. The van der Waals surface area contributed by atoms with E-state index in [1.54, 1.807) is 19.4 Å². The fourth-order valence-corrected chi connectivity index (χ4v) is 5.37. The van der Waals surface area contributed by atoms with Crippen molar-refractivity contribution in [2.75, 3.05) is 45.3 Å². The average molecular weight is 483 g/mol.